The van der Waals surface area contributed by atoms with E-state index >= 15 is 0 Å². The summed E-state index contributed by atoms with van der Waals surface area (Å²) in [5.74, 6) is -0.251. The molecule has 0 saturated heterocycles. The molecule has 2 aromatic rings. The van der Waals surface area contributed by atoms with E-state index in [2.05, 4.69) is 28.0 Å². The van der Waals surface area contributed by atoms with E-state index in [0.29, 0.717) is 6.42 Å². The molecule has 1 unspecified atom stereocenters. The van der Waals surface area contributed by atoms with Crippen molar-refractivity contribution >= 4 is 15.9 Å². The molecule has 2 rings (SSSR count). The highest BCUT2D eigenvalue weighted by Crippen LogP contribution is 2.22. The summed E-state index contributed by atoms with van der Waals surface area (Å²) in [6.45, 7) is 2.05. The van der Waals surface area contributed by atoms with Crippen LogP contribution in [0.4, 0.5) is 4.39 Å². The smallest absolute Gasteiger partial charge is 0.124 e. The maximum atomic E-state index is 13.3. The fourth-order valence-electron chi connectivity index (χ4n) is 2.23. The van der Waals surface area contributed by atoms with Crippen LogP contribution in [0.25, 0.3) is 0 Å². The Kier molecular flexibility index (Phi) is 4.37. The molecule has 0 spiro atoms. The molecule has 0 aliphatic rings. The van der Waals surface area contributed by atoms with Gasteiger partial charge in [0.05, 0.1) is 5.69 Å². The van der Waals surface area contributed by atoms with Crippen LogP contribution in [0.3, 0.4) is 0 Å². The predicted molar refractivity (Wildman–Crippen MR) is 77.3 cm³/mol. The minimum Gasteiger partial charge on any atom is -0.324 e. The molecule has 0 bridgehead atoms. The Morgan fingerprint density at radius 3 is 2.79 bits per heavy atom. The van der Waals surface area contributed by atoms with Crippen LogP contribution in [0.2, 0.25) is 0 Å². The van der Waals surface area contributed by atoms with Gasteiger partial charge >= 0.3 is 0 Å². The van der Waals surface area contributed by atoms with E-state index in [0.717, 1.165) is 27.7 Å². The monoisotopic (exact) mass is 325 g/mol. The lowest BCUT2D eigenvalue weighted by atomic mass is 9.99. The largest absolute Gasteiger partial charge is 0.324 e. The third kappa shape index (κ3) is 3.42. The Morgan fingerprint density at radius 1 is 1.42 bits per heavy atom. The number of nitrogens with two attached hydrogens (primary N) is 1. The maximum absolute atomic E-state index is 13.3. The van der Waals surface area contributed by atoms with Crippen LogP contribution in [0.15, 0.2) is 28.9 Å². The van der Waals surface area contributed by atoms with Gasteiger partial charge in [0.2, 0.25) is 0 Å². The Balaban J connectivity index is 2.22. The zero-order valence-corrected chi connectivity index (χ0v) is 12.6. The highest BCUT2D eigenvalue weighted by atomic mass is 79.9. The summed E-state index contributed by atoms with van der Waals surface area (Å²) >= 11 is 3.29. The first-order valence-corrected chi connectivity index (χ1v) is 7.02. The van der Waals surface area contributed by atoms with Gasteiger partial charge in [-0.2, -0.15) is 5.10 Å². The summed E-state index contributed by atoms with van der Waals surface area (Å²) in [6.07, 6.45) is 3.38. The van der Waals surface area contributed by atoms with Gasteiger partial charge in [-0.15, -0.1) is 0 Å². The maximum Gasteiger partial charge on any atom is 0.124 e. The quantitative estimate of drug-likeness (QED) is 0.938. The van der Waals surface area contributed by atoms with Crippen LogP contribution in [0.1, 0.15) is 29.8 Å². The molecule has 102 valence electrons. The number of benzene rings is 1. The van der Waals surface area contributed by atoms with Crippen LogP contribution < -0.4 is 5.73 Å². The lowest BCUT2D eigenvalue weighted by molar-refractivity contribution is 0.620. The third-order valence-corrected chi connectivity index (χ3v) is 3.51. The number of nitrogens with zero attached hydrogens (tertiary/aromatic N) is 2. The molecule has 1 heterocycles. The van der Waals surface area contributed by atoms with Gasteiger partial charge in [-0.05, 0) is 36.6 Å². The van der Waals surface area contributed by atoms with Crippen molar-refractivity contribution in [3.8, 4) is 0 Å². The van der Waals surface area contributed by atoms with Gasteiger partial charge in [-0.25, -0.2) is 4.39 Å². The summed E-state index contributed by atoms with van der Waals surface area (Å²) < 4.78 is 15.8. The molecule has 0 radical (unpaired) electrons. The molecule has 1 aromatic heterocycles. The van der Waals surface area contributed by atoms with Crippen molar-refractivity contribution in [1.82, 2.24) is 9.78 Å². The van der Waals surface area contributed by atoms with Gasteiger partial charge in [0.1, 0.15) is 5.82 Å². The van der Waals surface area contributed by atoms with Gasteiger partial charge < -0.3 is 5.73 Å². The Bertz CT molecular complexity index is 560. The van der Waals surface area contributed by atoms with Crippen molar-refractivity contribution in [1.29, 1.82) is 0 Å². The first kappa shape index (κ1) is 14.2. The van der Waals surface area contributed by atoms with E-state index in [1.54, 1.807) is 4.68 Å². The molecule has 0 aliphatic carbocycles. The predicted octanol–water partition coefficient (Wildman–Crippen LogP) is 3.13. The van der Waals surface area contributed by atoms with E-state index in [1.807, 2.05) is 19.3 Å². The van der Waals surface area contributed by atoms with Crippen LogP contribution in [-0.4, -0.2) is 9.78 Å². The number of rotatable bonds is 4. The second kappa shape index (κ2) is 5.84. The summed E-state index contributed by atoms with van der Waals surface area (Å²) in [6, 6.07) is 4.69. The fraction of sp³-hybridized carbons (Fsp3) is 0.357. The third-order valence-electron chi connectivity index (χ3n) is 3.05. The van der Waals surface area contributed by atoms with Crippen LogP contribution in [0.5, 0.6) is 0 Å². The average Bonchev–Trinajstić information content (AvgIpc) is 2.69. The van der Waals surface area contributed by atoms with E-state index in [9.17, 15) is 4.39 Å². The first-order chi connectivity index (χ1) is 8.99. The topological polar surface area (TPSA) is 43.8 Å². The zero-order valence-electron chi connectivity index (χ0n) is 11.0. The van der Waals surface area contributed by atoms with Crippen molar-refractivity contribution in [2.45, 2.75) is 25.8 Å². The second-order valence-electron chi connectivity index (χ2n) is 4.65. The van der Waals surface area contributed by atoms with Crippen LogP contribution >= 0.6 is 15.9 Å². The highest BCUT2D eigenvalue weighted by Gasteiger charge is 2.15. The minimum absolute atomic E-state index is 0.169. The number of halogens is 2. The number of hydrogen-bond donors (Lipinski definition) is 1. The van der Waals surface area contributed by atoms with Gasteiger partial charge in [0, 0.05) is 29.3 Å². The van der Waals surface area contributed by atoms with E-state index in [-0.39, 0.29) is 11.9 Å². The number of aryl methyl sites for hydroxylation is 2. The van der Waals surface area contributed by atoms with Gasteiger partial charge in [-0.3, -0.25) is 4.68 Å². The van der Waals surface area contributed by atoms with E-state index in [1.165, 1.54) is 12.1 Å². The molecule has 0 fully saturated rings. The fourth-order valence-corrected chi connectivity index (χ4v) is 2.74. The average molecular weight is 326 g/mol. The van der Waals surface area contributed by atoms with Crippen LogP contribution in [-0.2, 0) is 19.9 Å². The molecular formula is C14H17BrFN3. The van der Waals surface area contributed by atoms with E-state index in [4.69, 9.17) is 5.73 Å². The lowest BCUT2D eigenvalue weighted by Crippen LogP contribution is -2.14. The SMILES string of the molecule is CCc1nn(C)cc1C(N)Cc1cc(F)cc(Br)c1. The number of hydrogen-bond acceptors (Lipinski definition) is 2. The molecule has 3 nitrogen and oxygen atoms in total. The molecule has 19 heavy (non-hydrogen) atoms. The molecule has 0 amide bonds. The van der Waals surface area contributed by atoms with Crippen molar-refractivity contribution in [3.05, 3.63) is 51.5 Å². The Hall–Kier alpha value is -1.20. The van der Waals surface area contributed by atoms with Crippen molar-refractivity contribution < 1.29 is 4.39 Å². The molecule has 5 heteroatoms. The molecule has 0 aliphatic heterocycles. The molecule has 0 saturated carbocycles. The summed E-state index contributed by atoms with van der Waals surface area (Å²) in [5.41, 5.74) is 9.14. The lowest BCUT2D eigenvalue weighted by Gasteiger charge is -2.12. The second-order valence-corrected chi connectivity index (χ2v) is 5.56. The van der Waals surface area contributed by atoms with Crippen molar-refractivity contribution in [3.63, 3.8) is 0 Å². The Morgan fingerprint density at radius 2 is 2.16 bits per heavy atom. The van der Waals surface area contributed by atoms with Crippen molar-refractivity contribution in [2.75, 3.05) is 0 Å². The van der Waals surface area contributed by atoms with Gasteiger partial charge in [0.15, 0.2) is 0 Å². The zero-order chi connectivity index (χ0) is 14.0. The first-order valence-electron chi connectivity index (χ1n) is 6.22. The molecule has 2 N–H and O–H groups in total. The summed E-state index contributed by atoms with van der Waals surface area (Å²) in [7, 11) is 1.88. The normalized spacial score (nSPS) is 12.7. The molecule has 1 atom stereocenters. The summed E-state index contributed by atoms with van der Waals surface area (Å²) in [5, 5.41) is 4.38. The molecule has 1 aromatic carbocycles. The van der Waals surface area contributed by atoms with Gasteiger partial charge in [-0.1, -0.05) is 22.9 Å². The molecular weight excluding hydrogens is 309 g/mol. The number of aromatic nitrogens is 2. The Labute approximate surface area is 120 Å². The standard InChI is InChI=1S/C14H17BrFN3/c1-3-14-12(8-19(2)18-14)13(17)6-9-4-10(15)7-11(16)5-9/h4-5,7-8,13H,3,6,17H2,1-2H3. The highest BCUT2D eigenvalue weighted by molar-refractivity contribution is 9.10. The minimum atomic E-state index is -0.251. The summed E-state index contributed by atoms with van der Waals surface area (Å²) in [4.78, 5) is 0. The van der Waals surface area contributed by atoms with Crippen LogP contribution in [0, 0.1) is 5.82 Å². The van der Waals surface area contributed by atoms with Gasteiger partial charge in [0.25, 0.3) is 0 Å². The van der Waals surface area contributed by atoms with E-state index < -0.39 is 0 Å². The van der Waals surface area contributed by atoms with Crippen molar-refractivity contribution in [2.24, 2.45) is 12.8 Å².